The minimum absolute atomic E-state index is 0.0695. The van der Waals surface area contributed by atoms with E-state index in [2.05, 4.69) is 20.4 Å². The van der Waals surface area contributed by atoms with Gasteiger partial charge in [-0.15, -0.1) is 0 Å². The predicted molar refractivity (Wildman–Crippen MR) is 94.0 cm³/mol. The van der Waals surface area contributed by atoms with Gasteiger partial charge in [0.25, 0.3) is 0 Å². The lowest BCUT2D eigenvalue weighted by Crippen LogP contribution is -2.05. The third-order valence-electron chi connectivity index (χ3n) is 4.67. The van der Waals surface area contributed by atoms with E-state index < -0.39 is 6.61 Å². The van der Waals surface area contributed by atoms with E-state index in [1.165, 1.54) is 12.1 Å². The molecule has 0 unspecified atom stereocenters. The fourth-order valence-electron chi connectivity index (χ4n) is 3.34. The Kier molecular flexibility index (Phi) is 3.37. The Morgan fingerprint density at radius 1 is 1.11 bits per heavy atom. The summed E-state index contributed by atoms with van der Waals surface area (Å²) in [4.78, 5) is 9.07. The Labute approximate surface area is 152 Å². The number of fused-ring (bicyclic) bond motifs is 2. The molecule has 4 aromatic rings. The zero-order chi connectivity index (χ0) is 18.5. The Balaban J connectivity index is 1.73. The fourth-order valence-corrected chi connectivity index (χ4v) is 3.34. The molecule has 0 aliphatic heterocycles. The van der Waals surface area contributed by atoms with Crippen LogP contribution in [0.4, 0.5) is 8.78 Å². The standard InChI is InChI=1S/C19H13F2N5O/c20-18(21)27-13-4-6-14-16(8-13)25(10-23-14)19-24-15-5-1-11(9-22)7-17(15)26(19)12-2-3-12/h1,4-8,10,12,18H,2-3H2. The SMILES string of the molecule is N#Cc1ccc2nc(-n3cnc4ccc(OC(F)F)cc43)n(C3CC3)c2c1. The maximum atomic E-state index is 12.6. The molecule has 0 atom stereocenters. The van der Waals surface area contributed by atoms with Gasteiger partial charge in [0.2, 0.25) is 5.95 Å². The summed E-state index contributed by atoms with van der Waals surface area (Å²) in [5, 5.41) is 9.21. The summed E-state index contributed by atoms with van der Waals surface area (Å²) in [6.45, 7) is -2.89. The first-order valence-electron chi connectivity index (χ1n) is 8.48. The number of ether oxygens (including phenoxy) is 1. The van der Waals surface area contributed by atoms with Crippen LogP contribution in [0.25, 0.3) is 28.0 Å². The highest BCUT2D eigenvalue weighted by atomic mass is 19.3. The first-order chi connectivity index (χ1) is 13.1. The van der Waals surface area contributed by atoms with E-state index >= 15 is 0 Å². The van der Waals surface area contributed by atoms with E-state index in [1.807, 2.05) is 12.1 Å². The van der Waals surface area contributed by atoms with Crippen molar-refractivity contribution in [3.8, 4) is 17.8 Å². The van der Waals surface area contributed by atoms with Crippen molar-refractivity contribution in [2.45, 2.75) is 25.5 Å². The lowest BCUT2D eigenvalue weighted by atomic mass is 10.2. The highest BCUT2D eigenvalue weighted by Gasteiger charge is 2.29. The fraction of sp³-hybridized carbons (Fsp3) is 0.211. The van der Waals surface area contributed by atoms with Crippen molar-refractivity contribution in [1.82, 2.24) is 19.1 Å². The monoisotopic (exact) mass is 365 g/mol. The molecule has 0 spiro atoms. The van der Waals surface area contributed by atoms with Gasteiger partial charge in [0, 0.05) is 12.1 Å². The molecule has 0 saturated heterocycles. The van der Waals surface area contributed by atoms with E-state index in [0.29, 0.717) is 28.6 Å². The molecule has 1 aliphatic rings. The molecule has 2 aromatic carbocycles. The van der Waals surface area contributed by atoms with Crippen LogP contribution >= 0.6 is 0 Å². The molecular weight excluding hydrogens is 352 g/mol. The van der Waals surface area contributed by atoms with Crippen LogP contribution in [0.3, 0.4) is 0 Å². The van der Waals surface area contributed by atoms with E-state index in [1.54, 1.807) is 23.0 Å². The Morgan fingerprint density at radius 3 is 2.67 bits per heavy atom. The molecule has 0 bridgehead atoms. The van der Waals surface area contributed by atoms with Gasteiger partial charge in [-0.05, 0) is 43.2 Å². The third-order valence-corrected chi connectivity index (χ3v) is 4.67. The van der Waals surface area contributed by atoms with Gasteiger partial charge in [0.15, 0.2) is 0 Å². The van der Waals surface area contributed by atoms with Crippen LogP contribution in [0.1, 0.15) is 24.4 Å². The number of nitrogens with zero attached hydrogens (tertiary/aromatic N) is 5. The average molecular weight is 365 g/mol. The molecule has 0 amide bonds. The summed E-state index contributed by atoms with van der Waals surface area (Å²) in [5.41, 5.74) is 3.51. The molecule has 6 nitrogen and oxygen atoms in total. The zero-order valence-corrected chi connectivity index (χ0v) is 14.0. The van der Waals surface area contributed by atoms with Crippen LogP contribution in [0.15, 0.2) is 42.7 Å². The van der Waals surface area contributed by atoms with Gasteiger partial charge in [0.05, 0.1) is 33.7 Å². The maximum Gasteiger partial charge on any atom is 0.387 e. The van der Waals surface area contributed by atoms with E-state index in [-0.39, 0.29) is 5.75 Å². The van der Waals surface area contributed by atoms with Gasteiger partial charge in [-0.1, -0.05) is 0 Å². The van der Waals surface area contributed by atoms with E-state index in [9.17, 15) is 14.0 Å². The Morgan fingerprint density at radius 2 is 1.93 bits per heavy atom. The van der Waals surface area contributed by atoms with E-state index in [0.717, 1.165) is 23.9 Å². The number of benzene rings is 2. The van der Waals surface area contributed by atoms with Crippen LogP contribution in [-0.2, 0) is 0 Å². The van der Waals surface area contributed by atoms with Crippen molar-refractivity contribution in [2.24, 2.45) is 0 Å². The van der Waals surface area contributed by atoms with Gasteiger partial charge in [-0.3, -0.25) is 4.57 Å². The summed E-state index contributed by atoms with van der Waals surface area (Å²) in [7, 11) is 0. The molecule has 0 radical (unpaired) electrons. The molecule has 27 heavy (non-hydrogen) atoms. The molecule has 1 aliphatic carbocycles. The number of halogens is 2. The topological polar surface area (TPSA) is 68.7 Å². The number of imidazole rings is 2. The van der Waals surface area contributed by atoms with Gasteiger partial charge in [-0.2, -0.15) is 14.0 Å². The first-order valence-corrected chi connectivity index (χ1v) is 8.48. The number of aromatic nitrogens is 4. The molecular formula is C19H13F2N5O. The summed E-state index contributed by atoms with van der Waals surface area (Å²) in [5.74, 6) is 0.722. The maximum absolute atomic E-state index is 12.6. The molecule has 134 valence electrons. The van der Waals surface area contributed by atoms with Crippen molar-refractivity contribution in [2.75, 3.05) is 0 Å². The zero-order valence-electron chi connectivity index (χ0n) is 14.0. The number of alkyl halides is 2. The second-order valence-corrected chi connectivity index (χ2v) is 6.47. The van der Waals surface area contributed by atoms with Gasteiger partial charge >= 0.3 is 6.61 Å². The molecule has 5 rings (SSSR count). The van der Waals surface area contributed by atoms with Crippen LogP contribution in [0, 0.1) is 11.3 Å². The van der Waals surface area contributed by atoms with Crippen molar-refractivity contribution in [3.05, 3.63) is 48.3 Å². The van der Waals surface area contributed by atoms with Crippen molar-refractivity contribution in [3.63, 3.8) is 0 Å². The molecule has 2 aromatic heterocycles. The molecule has 8 heteroatoms. The quantitative estimate of drug-likeness (QED) is 0.544. The second kappa shape index (κ2) is 5.77. The third kappa shape index (κ3) is 2.59. The predicted octanol–water partition coefficient (Wildman–Crippen LogP) is 4.18. The van der Waals surface area contributed by atoms with Crippen LogP contribution in [0.5, 0.6) is 5.75 Å². The Hall–Kier alpha value is -3.47. The summed E-state index contributed by atoms with van der Waals surface area (Å²) >= 11 is 0. The minimum atomic E-state index is -2.89. The van der Waals surface area contributed by atoms with Crippen LogP contribution in [-0.4, -0.2) is 25.7 Å². The smallest absolute Gasteiger partial charge is 0.387 e. The van der Waals surface area contributed by atoms with Crippen molar-refractivity contribution < 1.29 is 13.5 Å². The summed E-state index contributed by atoms with van der Waals surface area (Å²) in [6.07, 6.45) is 3.69. The largest absolute Gasteiger partial charge is 0.435 e. The van der Waals surface area contributed by atoms with E-state index in [4.69, 9.17) is 4.98 Å². The average Bonchev–Trinajstić information content (AvgIpc) is 3.30. The van der Waals surface area contributed by atoms with Crippen LogP contribution < -0.4 is 4.74 Å². The second-order valence-electron chi connectivity index (χ2n) is 6.47. The molecule has 1 fully saturated rings. The molecule has 0 N–H and O–H groups in total. The van der Waals surface area contributed by atoms with Crippen LogP contribution in [0.2, 0.25) is 0 Å². The molecule has 2 heterocycles. The highest BCUT2D eigenvalue weighted by molar-refractivity contribution is 5.82. The Bertz CT molecular complexity index is 1220. The first kappa shape index (κ1) is 15.8. The van der Waals surface area contributed by atoms with Gasteiger partial charge in [-0.25, -0.2) is 9.97 Å². The number of hydrogen-bond donors (Lipinski definition) is 0. The lowest BCUT2D eigenvalue weighted by Gasteiger charge is -2.10. The van der Waals surface area contributed by atoms with Gasteiger partial charge < -0.3 is 9.30 Å². The summed E-state index contributed by atoms with van der Waals surface area (Å²) < 4.78 is 33.5. The summed E-state index contributed by atoms with van der Waals surface area (Å²) in [6, 6.07) is 12.5. The van der Waals surface area contributed by atoms with Crippen molar-refractivity contribution >= 4 is 22.1 Å². The lowest BCUT2D eigenvalue weighted by molar-refractivity contribution is -0.0497. The number of nitriles is 1. The number of hydrogen-bond acceptors (Lipinski definition) is 4. The van der Waals surface area contributed by atoms with Crippen molar-refractivity contribution in [1.29, 1.82) is 5.26 Å². The molecule has 1 saturated carbocycles. The number of rotatable bonds is 4. The highest BCUT2D eigenvalue weighted by Crippen LogP contribution is 2.40. The minimum Gasteiger partial charge on any atom is -0.435 e. The van der Waals surface area contributed by atoms with Gasteiger partial charge in [0.1, 0.15) is 12.1 Å². The normalized spacial score (nSPS) is 14.1.